The van der Waals surface area contributed by atoms with Crippen molar-refractivity contribution in [2.75, 3.05) is 4.90 Å². The smallest absolute Gasteiger partial charge is 0.344 e. The van der Waals surface area contributed by atoms with E-state index in [2.05, 4.69) is 16.1 Å². The molecule has 140 valence electrons. The maximum atomic E-state index is 13.4. The van der Waals surface area contributed by atoms with E-state index >= 15 is 0 Å². The van der Waals surface area contributed by atoms with Gasteiger partial charge in [-0.1, -0.05) is 36.4 Å². The zero-order valence-corrected chi connectivity index (χ0v) is 15.5. The van der Waals surface area contributed by atoms with Crippen LogP contribution in [0.25, 0.3) is 5.84 Å². The number of carbonyl (C=O) groups is 1. The summed E-state index contributed by atoms with van der Waals surface area (Å²) in [7, 11) is 0. The predicted octanol–water partition coefficient (Wildman–Crippen LogP) is 4.01. The van der Waals surface area contributed by atoms with Crippen LogP contribution >= 0.6 is 0 Å². The summed E-state index contributed by atoms with van der Waals surface area (Å²) >= 11 is 0. The Morgan fingerprint density at radius 2 is 1.89 bits per heavy atom. The molecule has 0 saturated heterocycles. The number of aromatic nitrogens is 3. The minimum atomic E-state index is -0.162. The topological polar surface area (TPSA) is 72.9 Å². The number of aryl methyl sites for hydroxylation is 1. The van der Waals surface area contributed by atoms with E-state index in [9.17, 15) is 4.79 Å². The van der Waals surface area contributed by atoms with Gasteiger partial charge >= 0.3 is 11.9 Å². The fourth-order valence-electron chi connectivity index (χ4n) is 3.69. The Bertz CT molecular complexity index is 1180. The normalized spacial score (nSPS) is 15.8. The summed E-state index contributed by atoms with van der Waals surface area (Å²) in [6.45, 7) is 3.78. The number of hydrogen-bond acceptors (Lipinski definition) is 5. The molecule has 4 aromatic rings. The number of para-hydroxylation sites is 2. The van der Waals surface area contributed by atoms with Crippen LogP contribution in [0.1, 0.15) is 28.7 Å². The highest BCUT2D eigenvalue weighted by molar-refractivity contribution is 6.07. The van der Waals surface area contributed by atoms with Crippen LogP contribution in [0, 0.1) is 6.92 Å². The number of rotatable bonds is 3. The highest BCUT2D eigenvalue weighted by Gasteiger charge is 2.35. The van der Waals surface area contributed by atoms with E-state index in [1.807, 2.05) is 55.5 Å². The van der Waals surface area contributed by atoms with Gasteiger partial charge < -0.3 is 14.1 Å². The van der Waals surface area contributed by atoms with Crippen LogP contribution in [0.4, 0.5) is 5.69 Å². The van der Waals surface area contributed by atoms with Crippen molar-refractivity contribution >= 4 is 17.4 Å². The summed E-state index contributed by atoms with van der Waals surface area (Å²) in [5.74, 6) is 1.15. The fraction of sp³-hybridized carbons (Fsp3) is 0.190. The first-order chi connectivity index (χ1) is 13.6. The highest BCUT2D eigenvalue weighted by atomic mass is 16.5. The van der Waals surface area contributed by atoms with Gasteiger partial charge in [-0.25, -0.2) is 0 Å². The molecule has 5 rings (SSSR count). The van der Waals surface area contributed by atoms with Crippen molar-refractivity contribution in [2.45, 2.75) is 26.3 Å². The molecule has 1 atom stereocenters. The molecule has 28 heavy (non-hydrogen) atoms. The summed E-state index contributed by atoms with van der Waals surface area (Å²) in [4.78, 5) is 19.5. The fourth-order valence-corrected chi connectivity index (χ4v) is 3.69. The summed E-state index contributed by atoms with van der Waals surface area (Å²) < 4.78 is 12.8. The molecule has 0 spiro atoms. The SMILES string of the molecule is Cc1oc2nc(Oc3ccccc3)nn2c1C(=O)N1c2ccccc2CC1C. The van der Waals surface area contributed by atoms with Gasteiger partial charge in [-0.15, -0.1) is 10.1 Å². The van der Waals surface area contributed by atoms with E-state index in [-0.39, 0.29) is 23.8 Å². The standard InChI is InChI=1S/C21H18N4O3/c1-13-12-15-8-6-7-11-17(15)24(13)19(26)18-14(2)27-21-22-20(23-25(18)21)28-16-9-4-3-5-10-16/h3-11,13H,12H2,1-2H3. The zero-order valence-electron chi connectivity index (χ0n) is 15.5. The number of anilines is 1. The van der Waals surface area contributed by atoms with Gasteiger partial charge in [0.15, 0.2) is 5.69 Å². The van der Waals surface area contributed by atoms with Crippen molar-refractivity contribution in [3.05, 3.63) is 71.6 Å². The lowest BCUT2D eigenvalue weighted by atomic mass is 10.1. The second kappa shape index (κ2) is 6.23. The quantitative estimate of drug-likeness (QED) is 0.542. The third-order valence-corrected chi connectivity index (χ3v) is 4.93. The third-order valence-electron chi connectivity index (χ3n) is 4.93. The lowest BCUT2D eigenvalue weighted by Crippen LogP contribution is -2.36. The lowest BCUT2D eigenvalue weighted by Gasteiger charge is -2.22. The summed E-state index contributed by atoms with van der Waals surface area (Å²) in [5.41, 5.74) is 2.44. The summed E-state index contributed by atoms with van der Waals surface area (Å²) in [6.07, 6.45) is 0.821. The number of fused-ring (bicyclic) bond motifs is 2. The van der Waals surface area contributed by atoms with Gasteiger partial charge in [0, 0.05) is 11.7 Å². The van der Waals surface area contributed by atoms with Crippen molar-refractivity contribution in [2.24, 2.45) is 0 Å². The molecule has 1 aliphatic heterocycles. The van der Waals surface area contributed by atoms with Crippen molar-refractivity contribution in [3.8, 4) is 11.8 Å². The molecule has 1 unspecified atom stereocenters. The molecule has 3 heterocycles. The second-order valence-corrected chi connectivity index (χ2v) is 6.87. The van der Waals surface area contributed by atoms with E-state index in [4.69, 9.17) is 9.15 Å². The number of oxazole rings is 1. The molecule has 7 nitrogen and oxygen atoms in total. The van der Waals surface area contributed by atoms with Crippen LogP contribution in [0.2, 0.25) is 0 Å². The monoisotopic (exact) mass is 374 g/mol. The van der Waals surface area contributed by atoms with Crippen LogP contribution in [0.3, 0.4) is 0 Å². The van der Waals surface area contributed by atoms with E-state index in [1.54, 1.807) is 11.8 Å². The summed E-state index contributed by atoms with van der Waals surface area (Å²) in [6, 6.07) is 17.4. The first-order valence-corrected chi connectivity index (χ1v) is 9.12. The molecule has 2 aromatic heterocycles. The Hall–Kier alpha value is -3.61. The van der Waals surface area contributed by atoms with Gasteiger partial charge in [-0.3, -0.25) is 4.79 Å². The molecule has 0 radical (unpaired) electrons. The molecule has 0 aliphatic carbocycles. The molecule has 0 saturated carbocycles. The molecule has 0 fully saturated rings. The first kappa shape index (κ1) is 16.6. The Kier molecular flexibility index (Phi) is 3.68. The molecular formula is C21H18N4O3. The van der Waals surface area contributed by atoms with E-state index in [1.165, 1.54) is 4.52 Å². The molecule has 0 N–H and O–H groups in total. The van der Waals surface area contributed by atoms with E-state index < -0.39 is 0 Å². The molecule has 2 aromatic carbocycles. The van der Waals surface area contributed by atoms with Crippen molar-refractivity contribution in [1.82, 2.24) is 14.6 Å². The first-order valence-electron chi connectivity index (χ1n) is 9.12. The van der Waals surface area contributed by atoms with Gasteiger partial charge in [0.25, 0.3) is 5.91 Å². The molecule has 0 bridgehead atoms. The number of carbonyl (C=O) groups excluding carboxylic acids is 1. The summed E-state index contributed by atoms with van der Waals surface area (Å²) in [5, 5.41) is 4.34. The Balaban J connectivity index is 1.53. The minimum absolute atomic E-state index is 0.0535. The van der Waals surface area contributed by atoms with Crippen molar-refractivity contribution in [3.63, 3.8) is 0 Å². The Morgan fingerprint density at radius 1 is 1.14 bits per heavy atom. The average Bonchev–Trinajstić information content (AvgIpc) is 3.31. The largest absolute Gasteiger partial charge is 0.426 e. The molecule has 7 heteroatoms. The number of ether oxygens (including phenoxy) is 1. The molecule has 1 aliphatic rings. The van der Waals surface area contributed by atoms with Crippen LogP contribution in [0.5, 0.6) is 11.8 Å². The zero-order chi connectivity index (χ0) is 19.3. The van der Waals surface area contributed by atoms with Crippen LogP contribution < -0.4 is 9.64 Å². The van der Waals surface area contributed by atoms with Crippen molar-refractivity contribution in [1.29, 1.82) is 0 Å². The predicted molar refractivity (Wildman–Crippen MR) is 103 cm³/mol. The maximum Gasteiger partial charge on any atom is 0.344 e. The Morgan fingerprint density at radius 3 is 2.71 bits per heavy atom. The number of nitrogens with zero attached hydrogens (tertiary/aromatic N) is 4. The van der Waals surface area contributed by atoms with Crippen LogP contribution in [0.15, 0.2) is 59.0 Å². The number of hydrogen-bond donors (Lipinski definition) is 0. The number of amides is 1. The van der Waals surface area contributed by atoms with E-state index in [0.717, 1.165) is 17.7 Å². The van der Waals surface area contributed by atoms with Gasteiger partial charge in [0.2, 0.25) is 0 Å². The number of benzene rings is 2. The van der Waals surface area contributed by atoms with Gasteiger partial charge in [-0.2, -0.15) is 4.52 Å². The lowest BCUT2D eigenvalue weighted by molar-refractivity contribution is 0.0973. The second-order valence-electron chi connectivity index (χ2n) is 6.87. The van der Waals surface area contributed by atoms with Gasteiger partial charge in [0.1, 0.15) is 11.5 Å². The third kappa shape index (κ3) is 2.55. The maximum absolute atomic E-state index is 13.4. The van der Waals surface area contributed by atoms with Gasteiger partial charge in [-0.05, 0) is 44.0 Å². The molecular weight excluding hydrogens is 356 g/mol. The van der Waals surface area contributed by atoms with Crippen LogP contribution in [-0.2, 0) is 6.42 Å². The average molecular weight is 374 g/mol. The van der Waals surface area contributed by atoms with Gasteiger partial charge in [0.05, 0.1) is 0 Å². The van der Waals surface area contributed by atoms with Crippen LogP contribution in [-0.4, -0.2) is 26.5 Å². The van der Waals surface area contributed by atoms with E-state index in [0.29, 0.717) is 17.2 Å². The Labute approximate surface area is 161 Å². The minimum Gasteiger partial charge on any atom is -0.426 e. The highest BCUT2D eigenvalue weighted by Crippen LogP contribution is 2.34. The molecule has 1 amide bonds. The van der Waals surface area contributed by atoms with Crippen molar-refractivity contribution < 1.29 is 13.9 Å².